The fourth-order valence-corrected chi connectivity index (χ4v) is 4.01. The van der Waals surface area contributed by atoms with Crippen molar-refractivity contribution in [1.29, 1.82) is 0 Å². The SMILES string of the molecule is Cc1cnc(N(C)C2CCCN(C(=O)c3ccc(N4CCOCC4)cc3)C2)nc1. The summed E-state index contributed by atoms with van der Waals surface area (Å²) in [5, 5.41) is 0. The van der Waals surface area contributed by atoms with Gasteiger partial charge in [-0.25, -0.2) is 9.97 Å². The van der Waals surface area contributed by atoms with Gasteiger partial charge >= 0.3 is 0 Å². The topological polar surface area (TPSA) is 61.8 Å². The number of likely N-dealkylation sites (N-methyl/N-ethyl adjacent to an activating group) is 1. The number of hydrogen-bond acceptors (Lipinski definition) is 6. The van der Waals surface area contributed by atoms with Crippen LogP contribution in [0, 0.1) is 6.92 Å². The minimum Gasteiger partial charge on any atom is -0.378 e. The van der Waals surface area contributed by atoms with E-state index in [0.29, 0.717) is 12.5 Å². The van der Waals surface area contributed by atoms with Crippen molar-refractivity contribution >= 4 is 17.5 Å². The molecule has 3 heterocycles. The highest BCUT2D eigenvalue weighted by Crippen LogP contribution is 2.22. The summed E-state index contributed by atoms with van der Waals surface area (Å²) in [7, 11) is 2.01. The molecule has 0 spiro atoms. The number of nitrogens with zero attached hydrogens (tertiary/aromatic N) is 5. The Labute approximate surface area is 172 Å². The minimum atomic E-state index is 0.0986. The smallest absolute Gasteiger partial charge is 0.253 e. The molecule has 0 aliphatic carbocycles. The summed E-state index contributed by atoms with van der Waals surface area (Å²) in [6, 6.07) is 8.22. The van der Waals surface area contributed by atoms with Crippen LogP contribution in [0.25, 0.3) is 0 Å². The number of likely N-dealkylation sites (tertiary alicyclic amines) is 1. The number of aromatic nitrogens is 2. The van der Waals surface area contributed by atoms with Gasteiger partial charge in [-0.05, 0) is 49.6 Å². The quantitative estimate of drug-likeness (QED) is 0.792. The van der Waals surface area contributed by atoms with E-state index < -0.39 is 0 Å². The van der Waals surface area contributed by atoms with Gasteiger partial charge in [-0.3, -0.25) is 4.79 Å². The lowest BCUT2D eigenvalue weighted by atomic mass is 10.0. The summed E-state index contributed by atoms with van der Waals surface area (Å²) in [5.74, 6) is 0.811. The van der Waals surface area contributed by atoms with Crippen LogP contribution in [0.1, 0.15) is 28.8 Å². The Bertz CT molecular complexity index is 818. The van der Waals surface area contributed by atoms with Crippen molar-refractivity contribution in [2.75, 3.05) is 56.2 Å². The van der Waals surface area contributed by atoms with Crippen molar-refractivity contribution in [2.24, 2.45) is 0 Å². The molecule has 1 aromatic carbocycles. The molecular formula is C22H29N5O2. The van der Waals surface area contributed by atoms with Crippen LogP contribution in [-0.4, -0.2) is 73.3 Å². The Balaban J connectivity index is 1.41. The Hall–Kier alpha value is -2.67. The van der Waals surface area contributed by atoms with E-state index in [0.717, 1.165) is 62.5 Å². The van der Waals surface area contributed by atoms with Gasteiger partial charge < -0.3 is 19.4 Å². The van der Waals surface area contributed by atoms with Crippen LogP contribution in [0.4, 0.5) is 11.6 Å². The van der Waals surface area contributed by atoms with Gasteiger partial charge in [0.2, 0.25) is 5.95 Å². The first-order valence-corrected chi connectivity index (χ1v) is 10.4. The molecule has 4 rings (SSSR count). The number of ether oxygens (including phenoxy) is 1. The lowest BCUT2D eigenvalue weighted by molar-refractivity contribution is 0.0707. The van der Waals surface area contributed by atoms with Crippen LogP contribution in [0.15, 0.2) is 36.7 Å². The average Bonchev–Trinajstić information content (AvgIpc) is 2.79. The number of aryl methyl sites for hydroxylation is 1. The van der Waals surface area contributed by atoms with Gasteiger partial charge in [0.05, 0.1) is 13.2 Å². The largest absolute Gasteiger partial charge is 0.378 e. The van der Waals surface area contributed by atoms with E-state index in [1.165, 1.54) is 0 Å². The Morgan fingerprint density at radius 2 is 1.79 bits per heavy atom. The first kappa shape index (κ1) is 19.6. The summed E-state index contributed by atoms with van der Waals surface area (Å²) in [5.41, 5.74) is 2.94. The highest BCUT2D eigenvalue weighted by atomic mass is 16.5. The molecule has 0 saturated carbocycles. The molecule has 1 amide bonds. The summed E-state index contributed by atoms with van der Waals surface area (Å²) in [4.78, 5) is 28.3. The number of piperidine rings is 1. The van der Waals surface area contributed by atoms with Crippen molar-refractivity contribution in [3.63, 3.8) is 0 Å². The van der Waals surface area contributed by atoms with Crippen LogP contribution in [0.2, 0.25) is 0 Å². The number of amides is 1. The fourth-order valence-electron chi connectivity index (χ4n) is 4.01. The number of carbonyl (C=O) groups excluding carboxylic acids is 1. The molecular weight excluding hydrogens is 366 g/mol. The fraction of sp³-hybridized carbons (Fsp3) is 0.500. The van der Waals surface area contributed by atoms with Crippen molar-refractivity contribution in [1.82, 2.24) is 14.9 Å². The van der Waals surface area contributed by atoms with Crippen LogP contribution < -0.4 is 9.80 Å². The van der Waals surface area contributed by atoms with E-state index in [2.05, 4.69) is 19.8 Å². The average molecular weight is 396 g/mol. The maximum atomic E-state index is 13.1. The molecule has 0 radical (unpaired) electrons. The number of morpholine rings is 1. The van der Waals surface area contributed by atoms with E-state index in [1.807, 2.05) is 55.5 Å². The molecule has 1 aromatic heterocycles. The highest BCUT2D eigenvalue weighted by molar-refractivity contribution is 5.94. The summed E-state index contributed by atoms with van der Waals surface area (Å²) in [6.07, 6.45) is 5.69. The lowest BCUT2D eigenvalue weighted by Gasteiger charge is -2.37. The molecule has 2 saturated heterocycles. The van der Waals surface area contributed by atoms with Crippen LogP contribution in [-0.2, 0) is 4.74 Å². The molecule has 2 aliphatic heterocycles. The second-order valence-electron chi connectivity index (χ2n) is 7.86. The van der Waals surface area contributed by atoms with Crippen molar-refractivity contribution < 1.29 is 9.53 Å². The molecule has 2 fully saturated rings. The van der Waals surface area contributed by atoms with Crippen molar-refractivity contribution in [2.45, 2.75) is 25.8 Å². The Kier molecular flexibility index (Phi) is 5.94. The molecule has 154 valence electrons. The summed E-state index contributed by atoms with van der Waals surface area (Å²) in [6.45, 7) is 6.78. The lowest BCUT2D eigenvalue weighted by Crippen LogP contribution is -2.49. The molecule has 7 nitrogen and oxygen atoms in total. The summed E-state index contributed by atoms with van der Waals surface area (Å²) >= 11 is 0. The van der Waals surface area contributed by atoms with Crippen LogP contribution >= 0.6 is 0 Å². The first-order valence-electron chi connectivity index (χ1n) is 10.4. The number of rotatable bonds is 4. The minimum absolute atomic E-state index is 0.0986. The Morgan fingerprint density at radius 3 is 2.48 bits per heavy atom. The third-order valence-corrected chi connectivity index (χ3v) is 5.80. The second-order valence-corrected chi connectivity index (χ2v) is 7.86. The zero-order chi connectivity index (χ0) is 20.2. The normalized spacial score (nSPS) is 19.9. The molecule has 29 heavy (non-hydrogen) atoms. The molecule has 2 aromatic rings. The van der Waals surface area contributed by atoms with E-state index in [-0.39, 0.29) is 11.9 Å². The van der Waals surface area contributed by atoms with Gasteiger partial charge in [0.15, 0.2) is 0 Å². The molecule has 1 unspecified atom stereocenters. The highest BCUT2D eigenvalue weighted by Gasteiger charge is 2.28. The predicted octanol–water partition coefficient (Wildman–Crippen LogP) is 2.36. The van der Waals surface area contributed by atoms with Gasteiger partial charge in [0, 0.05) is 62.9 Å². The third-order valence-electron chi connectivity index (χ3n) is 5.80. The number of carbonyl (C=O) groups is 1. The van der Waals surface area contributed by atoms with Gasteiger partial charge in [-0.15, -0.1) is 0 Å². The maximum Gasteiger partial charge on any atom is 0.253 e. The van der Waals surface area contributed by atoms with Gasteiger partial charge in [0.1, 0.15) is 0 Å². The predicted molar refractivity (Wildman–Crippen MR) is 114 cm³/mol. The zero-order valence-electron chi connectivity index (χ0n) is 17.3. The zero-order valence-corrected chi connectivity index (χ0v) is 17.3. The van der Waals surface area contributed by atoms with Gasteiger partial charge in [-0.1, -0.05) is 0 Å². The second kappa shape index (κ2) is 8.78. The van der Waals surface area contributed by atoms with Crippen LogP contribution in [0.3, 0.4) is 0 Å². The van der Waals surface area contributed by atoms with Gasteiger partial charge in [-0.2, -0.15) is 0 Å². The summed E-state index contributed by atoms with van der Waals surface area (Å²) < 4.78 is 5.41. The van der Waals surface area contributed by atoms with E-state index in [9.17, 15) is 4.79 Å². The molecule has 2 aliphatic rings. The van der Waals surface area contributed by atoms with E-state index >= 15 is 0 Å². The van der Waals surface area contributed by atoms with E-state index in [1.54, 1.807) is 0 Å². The number of benzene rings is 1. The van der Waals surface area contributed by atoms with Crippen LogP contribution in [0.5, 0.6) is 0 Å². The number of anilines is 2. The Morgan fingerprint density at radius 1 is 1.10 bits per heavy atom. The van der Waals surface area contributed by atoms with Crippen molar-refractivity contribution in [3.05, 3.63) is 47.8 Å². The molecule has 0 bridgehead atoms. The van der Waals surface area contributed by atoms with Gasteiger partial charge in [0.25, 0.3) is 5.91 Å². The standard InChI is InChI=1S/C22H29N5O2/c1-17-14-23-22(24-15-17)25(2)20-4-3-9-27(16-20)21(28)18-5-7-19(8-6-18)26-10-12-29-13-11-26/h5-8,14-15,20H,3-4,9-13,16H2,1-2H3. The maximum absolute atomic E-state index is 13.1. The molecule has 7 heteroatoms. The number of hydrogen-bond donors (Lipinski definition) is 0. The monoisotopic (exact) mass is 395 g/mol. The first-order chi connectivity index (χ1) is 14.1. The molecule has 1 atom stereocenters. The molecule has 0 N–H and O–H groups in total. The van der Waals surface area contributed by atoms with E-state index in [4.69, 9.17) is 4.74 Å². The van der Waals surface area contributed by atoms with Crippen molar-refractivity contribution in [3.8, 4) is 0 Å². The third kappa shape index (κ3) is 4.50.